The first kappa shape index (κ1) is 13.7. The first-order valence-corrected chi connectivity index (χ1v) is 6.95. The van der Waals surface area contributed by atoms with Crippen LogP contribution < -0.4 is 11.3 Å². The minimum absolute atomic E-state index is 0.249. The van der Waals surface area contributed by atoms with E-state index in [9.17, 15) is 4.79 Å². The molecule has 21 heavy (non-hydrogen) atoms. The largest absolute Gasteiger partial charge is 0.297 e. The number of nitrogens with one attached hydrogen (secondary N) is 1. The van der Waals surface area contributed by atoms with Gasteiger partial charge < -0.3 is 0 Å². The Morgan fingerprint density at radius 3 is 2.95 bits per heavy atom. The Morgan fingerprint density at radius 1 is 1.38 bits per heavy atom. The van der Waals surface area contributed by atoms with Crippen molar-refractivity contribution < 1.29 is 4.79 Å². The first-order chi connectivity index (χ1) is 10.3. The molecule has 0 radical (unpaired) electrons. The van der Waals surface area contributed by atoms with Crippen LogP contribution >= 0.6 is 0 Å². The molecule has 1 amide bonds. The van der Waals surface area contributed by atoms with Gasteiger partial charge in [-0.3, -0.25) is 15.1 Å². The number of nitrogens with two attached hydrogens (primary N) is 1. The third kappa shape index (κ3) is 3.09. The molecule has 1 aromatic carbocycles. The summed E-state index contributed by atoms with van der Waals surface area (Å²) in [6, 6.07) is 10.6. The van der Waals surface area contributed by atoms with Gasteiger partial charge in [0.2, 0.25) is 0 Å². The second-order valence-electron chi connectivity index (χ2n) is 5.22. The number of carbonyl (C=O) groups is 1. The minimum atomic E-state index is -0.416. The number of nitrogens with zero attached hydrogens (tertiary/aromatic N) is 4. The van der Waals surface area contributed by atoms with Gasteiger partial charge in [-0.25, -0.2) is 10.5 Å². The van der Waals surface area contributed by atoms with E-state index in [1.807, 2.05) is 6.07 Å². The predicted octanol–water partition coefficient (Wildman–Crippen LogP) is 0.329. The van der Waals surface area contributed by atoms with E-state index in [0.29, 0.717) is 0 Å². The summed E-state index contributed by atoms with van der Waals surface area (Å²) in [6.07, 6.45) is 2.65. The zero-order chi connectivity index (χ0) is 14.7. The molecule has 110 valence electrons. The minimum Gasteiger partial charge on any atom is -0.297 e. The van der Waals surface area contributed by atoms with Gasteiger partial charge >= 0.3 is 0 Å². The van der Waals surface area contributed by atoms with E-state index in [1.54, 1.807) is 10.9 Å². The Bertz CT molecular complexity index is 611. The standard InChI is InChI=1S/C14H18N6O/c15-16-14(21)13-10-20(18-17-13)12-6-7-19(9-12)8-11-4-2-1-3-5-11/h1-5,10,12H,6-9,15H2,(H,16,21). The summed E-state index contributed by atoms with van der Waals surface area (Å²) in [5, 5.41) is 7.88. The average Bonchev–Trinajstić information content (AvgIpc) is 3.16. The van der Waals surface area contributed by atoms with E-state index in [4.69, 9.17) is 5.84 Å². The van der Waals surface area contributed by atoms with Crippen molar-refractivity contribution in [1.82, 2.24) is 25.3 Å². The van der Waals surface area contributed by atoms with Crippen molar-refractivity contribution >= 4 is 5.91 Å². The summed E-state index contributed by atoms with van der Waals surface area (Å²) in [4.78, 5) is 13.8. The van der Waals surface area contributed by atoms with Crippen molar-refractivity contribution in [1.29, 1.82) is 0 Å². The fourth-order valence-electron chi connectivity index (χ4n) is 2.65. The lowest BCUT2D eigenvalue weighted by atomic mass is 10.2. The number of carbonyl (C=O) groups excluding carboxylic acids is 1. The lowest BCUT2D eigenvalue weighted by molar-refractivity contribution is 0.0948. The zero-order valence-electron chi connectivity index (χ0n) is 11.6. The van der Waals surface area contributed by atoms with Gasteiger partial charge in [0.15, 0.2) is 5.69 Å². The van der Waals surface area contributed by atoms with Crippen molar-refractivity contribution in [2.75, 3.05) is 13.1 Å². The van der Waals surface area contributed by atoms with Crippen LogP contribution in [-0.4, -0.2) is 38.9 Å². The van der Waals surface area contributed by atoms with Crippen LogP contribution in [0.15, 0.2) is 36.5 Å². The smallest absolute Gasteiger partial charge is 0.287 e. The molecule has 7 nitrogen and oxygen atoms in total. The highest BCUT2D eigenvalue weighted by Crippen LogP contribution is 2.22. The second kappa shape index (κ2) is 6.02. The number of likely N-dealkylation sites (tertiary alicyclic amines) is 1. The van der Waals surface area contributed by atoms with Crippen LogP contribution in [0.1, 0.15) is 28.5 Å². The molecule has 1 aliphatic heterocycles. The third-order valence-electron chi connectivity index (χ3n) is 3.74. The molecule has 2 aromatic rings. The molecule has 1 atom stereocenters. The number of hydrogen-bond acceptors (Lipinski definition) is 5. The monoisotopic (exact) mass is 286 g/mol. The quantitative estimate of drug-likeness (QED) is 0.480. The lowest BCUT2D eigenvalue weighted by Crippen LogP contribution is -2.30. The summed E-state index contributed by atoms with van der Waals surface area (Å²) >= 11 is 0. The molecule has 1 unspecified atom stereocenters. The first-order valence-electron chi connectivity index (χ1n) is 6.95. The highest BCUT2D eigenvalue weighted by molar-refractivity contribution is 5.91. The maximum absolute atomic E-state index is 11.4. The van der Waals surface area contributed by atoms with Gasteiger partial charge in [-0.2, -0.15) is 0 Å². The number of nitrogen functional groups attached to an aromatic ring is 1. The fraction of sp³-hybridized carbons (Fsp3) is 0.357. The van der Waals surface area contributed by atoms with Crippen LogP contribution in [-0.2, 0) is 6.54 Å². The summed E-state index contributed by atoms with van der Waals surface area (Å²) in [6.45, 7) is 2.85. The molecule has 2 heterocycles. The van der Waals surface area contributed by atoms with Gasteiger partial charge in [-0.05, 0) is 12.0 Å². The van der Waals surface area contributed by atoms with Crippen LogP contribution in [0.5, 0.6) is 0 Å². The lowest BCUT2D eigenvalue weighted by Gasteiger charge is -2.15. The maximum atomic E-state index is 11.4. The van der Waals surface area contributed by atoms with Gasteiger partial charge in [-0.1, -0.05) is 35.5 Å². The normalized spacial score (nSPS) is 18.8. The molecule has 0 saturated carbocycles. The molecule has 0 spiro atoms. The zero-order valence-corrected chi connectivity index (χ0v) is 11.6. The maximum Gasteiger partial charge on any atom is 0.287 e. The van der Waals surface area contributed by atoms with Gasteiger partial charge in [-0.15, -0.1) is 5.10 Å². The van der Waals surface area contributed by atoms with E-state index < -0.39 is 5.91 Å². The molecule has 1 fully saturated rings. The number of aromatic nitrogens is 3. The Kier molecular flexibility index (Phi) is 3.94. The molecule has 0 bridgehead atoms. The summed E-state index contributed by atoms with van der Waals surface area (Å²) in [5.74, 6) is 4.67. The Morgan fingerprint density at radius 2 is 2.19 bits per heavy atom. The number of hydrogen-bond donors (Lipinski definition) is 2. The van der Waals surface area contributed by atoms with Crippen LogP contribution in [0.25, 0.3) is 0 Å². The third-order valence-corrected chi connectivity index (χ3v) is 3.74. The molecule has 1 saturated heterocycles. The van der Waals surface area contributed by atoms with Gasteiger partial charge in [0, 0.05) is 19.6 Å². The number of hydrazine groups is 1. The Labute approximate surface area is 122 Å². The molecule has 1 aromatic heterocycles. The van der Waals surface area contributed by atoms with Crippen LogP contribution in [0.4, 0.5) is 0 Å². The van der Waals surface area contributed by atoms with Gasteiger partial charge in [0.05, 0.1) is 12.2 Å². The van der Waals surface area contributed by atoms with E-state index in [-0.39, 0.29) is 11.7 Å². The summed E-state index contributed by atoms with van der Waals surface area (Å²) in [5.41, 5.74) is 3.62. The molecular weight excluding hydrogens is 268 g/mol. The SMILES string of the molecule is NNC(=O)c1cn(C2CCN(Cc3ccccc3)C2)nn1. The molecule has 1 aliphatic rings. The van der Waals surface area contributed by atoms with Crippen molar-refractivity contribution in [3.63, 3.8) is 0 Å². The molecular formula is C14H18N6O. The van der Waals surface area contributed by atoms with Crippen LogP contribution in [0, 0.1) is 0 Å². The number of amides is 1. The molecule has 3 rings (SSSR count). The number of rotatable bonds is 4. The topological polar surface area (TPSA) is 89.1 Å². The highest BCUT2D eigenvalue weighted by Gasteiger charge is 2.25. The summed E-state index contributed by atoms with van der Waals surface area (Å²) in [7, 11) is 0. The predicted molar refractivity (Wildman–Crippen MR) is 77.0 cm³/mol. The van der Waals surface area contributed by atoms with E-state index in [0.717, 1.165) is 26.1 Å². The van der Waals surface area contributed by atoms with E-state index in [1.165, 1.54) is 5.56 Å². The molecule has 0 aliphatic carbocycles. The second-order valence-corrected chi connectivity index (χ2v) is 5.22. The average molecular weight is 286 g/mol. The van der Waals surface area contributed by atoms with Gasteiger partial charge in [0.25, 0.3) is 5.91 Å². The van der Waals surface area contributed by atoms with Gasteiger partial charge in [0.1, 0.15) is 0 Å². The highest BCUT2D eigenvalue weighted by atomic mass is 16.2. The number of benzene rings is 1. The van der Waals surface area contributed by atoms with Crippen LogP contribution in [0.3, 0.4) is 0 Å². The van der Waals surface area contributed by atoms with Crippen molar-refractivity contribution in [3.8, 4) is 0 Å². The van der Waals surface area contributed by atoms with E-state index in [2.05, 4.69) is 44.9 Å². The van der Waals surface area contributed by atoms with Crippen LogP contribution in [0.2, 0.25) is 0 Å². The van der Waals surface area contributed by atoms with E-state index >= 15 is 0 Å². The van der Waals surface area contributed by atoms with Crippen molar-refractivity contribution in [2.45, 2.75) is 19.0 Å². The molecule has 3 N–H and O–H groups in total. The Hall–Kier alpha value is -2.25. The van der Waals surface area contributed by atoms with Crippen molar-refractivity contribution in [3.05, 3.63) is 47.8 Å². The Balaban J connectivity index is 1.62. The fourth-order valence-corrected chi connectivity index (χ4v) is 2.65. The summed E-state index contributed by atoms with van der Waals surface area (Å²) < 4.78 is 1.76. The van der Waals surface area contributed by atoms with Crippen molar-refractivity contribution in [2.24, 2.45) is 5.84 Å². The molecule has 7 heteroatoms.